The van der Waals surface area contributed by atoms with Gasteiger partial charge in [-0.25, -0.2) is 0 Å². The lowest BCUT2D eigenvalue weighted by atomic mass is 10.2. The minimum absolute atomic E-state index is 0.0754. The normalized spacial score (nSPS) is 13.8. The molecule has 5 nitrogen and oxygen atoms in total. The average molecular weight is 339 g/mol. The van der Waals surface area contributed by atoms with Gasteiger partial charge in [0.1, 0.15) is 0 Å². The number of nitrogens with zero attached hydrogens (tertiary/aromatic N) is 1. The van der Waals surface area contributed by atoms with E-state index in [2.05, 4.69) is 36.1 Å². The van der Waals surface area contributed by atoms with Gasteiger partial charge >= 0.3 is 8.80 Å². The Balaban J connectivity index is 2.87. The van der Waals surface area contributed by atoms with Crippen LogP contribution in [0.25, 0.3) is 6.08 Å². The van der Waals surface area contributed by atoms with Crippen molar-refractivity contribution in [1.82, 2.24) is 4.90 Å². The van der Waals surface area contributed by atoms with Gasteiger partial charge in [-0.15, -0.1) is 0 Å². The molecule has 0 saturated carbocycles. The zero-order chi connectivity index (χ0) is 17.1. The third kappa shape index (κ3) is 5.52. The summed E-state index contributed by atoms with van der Waals surface area (Å²) in [4.78, 5) is 2.28. The molecule has 0 heterocycles. The van der Waals surface area contributed by atoms with Crippen molar-refractivity contribution in [2.24, 2.45) is 5.73 Å². The van der Waals surface area contributed by atoms with Crippen LogP contribution in [0.15, 0.2) is 36.4 Å². The monoisotopic (exact) mass is 338 g/mol. The van der Waals surface area contributed by atoms with Crippen LogP contribution in [0, 0.1) is 0 Å². The van der Waals surface area contributed by atoms with Crippen LogP contribution in [0.1, 0.15) is 18.9 Å². The molecular weight excluding hydrogens is 308 g/mol. The van der Waals surface area contributed by atoms with E-state index >= 15 is 0 Å². The highest BCUT2D eigenvalue weighted by atomic mass is 28.4. The van der Waals surface area contributed by atoms with E-state index in [1.165, 1.54) is 5.56 Å². The summed E-state index contributed by atoms with van der Waals surface area (Å²) < 4.78 is 17.0. The summed E-state index contributed by atoms with van der Waals surface area (Å²) in [6.45, 7) is 4.24. The van der Waals surface area contributed by atoms with Crippen molar-refractivity contribution >= 4 is 14.9 Å². The molecule has 130 valence electrons. The van der Waals surface area contributed by atoms with Gasteiger partial charge in [0, 0.05) is 41.0 Å². The Kier molecular flexibility index (Phi) is 9.31. The highest BCUT2D eigenvalue weighted by molar-refractivity contribution is 6.62. The van der Waals surface area contributed by atoms with Crippen LogP contribution in [0.3, 0.4) is 0 Å². The Morgan fingerprint density at radius 3 is 2.22 bits per heavy atom. The van der Waals surface area contributed by atoms with E-state index in [-0.39, 0.29) is 5.67 Å². The minimum Gasteiger partial charge on any atom is -0.376 e. The maximum absolute atomic E-state index is 5.80. The second-order valence-corrected chi connectivity index (χ2v) is 8.33. The Hall–Kier alpha value is -1.02. The first-order valence-corrected chi connectivity index (χ1v) is 9.78. The minimum atomic E-state index is -2.74. The second kappa shape index (κ2) is 10.7. The number of rotatable bonds is 11. The largest absolute Gasteiger partial charge is 0.518 e. The number of hydrogen-bond donors (Lipinski definition) is 1. The van der Waals surface area contributed by atoms with Gasteiger partial charge in [0.25, 0.3) is 0 Å². The van der Waals surface area contributed by atoms with Crippen LogP contribution in [-0.4, -0.2) is 60.3 Å². The lowest BCUT2D eigenvalue weighted by Crippen LogP contribution is -2.62. The van der Waals surface area contributed by atoms with E-state index < -0.39 is 8.80 Å². The molecule has 1 rings (SSSR count). The van der Waals surface area contributed by atoms with Gasteiger partial charge in [-0.3, -0.25) is 4.90 Å². The quantitative estimate of drug-likeness (QED) is 0.627. The molecule has 0 fully saturated rings. The number of hydrogen-bond acceptors (Lipinski definition) is 5. The summed E-state index contributed by atoms with van der Waals surface area (Å²) in [5.74, 6) is 0. The highest BCUT2D eigenvalue weighted by Crippen LogP contribution is 2.20. The van der Waals surface area contributed by atoms with Gasteiger partial charge in [-0.05, 0) is 12.0 Å². The molecule has 1 aromatic rings. The van der Waals surface area contributed by atoms with Crippen LogP contribution in [0.4, 0.5) is 0 Å². The number of nitrogens with two attached hydrogens (primary N) is 1. The zero-order valence-corrected chi connectivity index (χ0v) is 15.7. The highest BCUT2D eigenvalue weighted by Gasteiger charge is 2.48. The van der Waals surface area contributed by atoms with Crippen LogP contribution in [0.2, 0.25) is 0 Å². The summed E-state index contributed by atoms with van der Waals surface area (Å²) in [5, 5.41) is 0. The van der Waals surface area contributed by atoms with E-state index in [9.17, 15) is 0 Å². The fourth-order valence-electron chi connectivity index (χ4n) is 2.82. The van der Waals surface area contributed by atoms with Crippen LogP contribution < -0.4 is 5.73 Å². The first kappa shape index (κ1) is 20.0. The molecule has 1 unspecified atom stereocenters. The molecule has 0 spiro atoms. The molecule has 0 aliphatic heterocycles. The fourth-order valence-corrected chi connectivity index (χ4v) is 5.32. The van der Waals surface area contributed by atoms with Crippen LogP contribution in [0.5, 0.6) is 0 Å². The Morgan fingerprint density at radius 1 is 1.13 bits per heavy atom. The van der Waals surface area contributed by atoms with Gasteiger partial charge in [-0.1, -0.05) is 49.4 Å². The predicted molar refractivity (Wildman–Crippen MR) is 97.0 cm³/mol. The van der Waals surface area contributed by atoms with Crippen molar-refractivity contribution < 1.29 is 13.3 Å². The molecule has 6 heteroatoms. The maximum Gasteiger partial charge on any atom is 0.518 e. The Bertz CT molecular complexity index is 444. The van der Waals surface area contributed by atoms with Crippen molar-refractivity contribution in [2.75, 3.05) is 41.0 Å². The van der Waals surface area contributed by atoms with E-state index in [0.717, 1.165) is 19.5 Å². The Labute approximate surface area is 141 Å². The molecule has 1 atom stereocenters. The van der Waals surface area contributed by atoms with Crippen molar-refractivity contribution in [1.29, 1.82) is 0 Å². The van der Waals surface area contributed by atoms with Crippen LogP contribution >= 0.6 is 0 Å². The first-order chi connectivity index (χ1) is 11.2. The molecule has 0 radical (unpaired) electrons. The summed E-state index contributed by atoms with van der Waals surface area (Å²) in [7, 11) is 2.23. The van der Waals surface area contributed by atoms with E-state index in [0.29, 0.717) is 6.54 Å². The van der Waals surface area contributed by atoms with Gasteiger partial charge in [0.15, 0.2) is 0 Å². The summed E-state index contributed by atoms with van der Waals surface area (Å²) in [6.07, 6.45) is 5.14. The van der Waals surface area contributed by atoms with Crippen molar-refractivity contribution in [3.63, 3.8) is 0 Å². The summed E-state index contributed by atoms with van der Waals surface area (Å²) in [6, 6.07) is 10.2. The van der Waals surface area contributed by atoms with Crippen LogP contribution in [-0.2, 0) is 13.3 Å². The third-order valence-electron chi connectivity index (χ3n) is 3.96. The molecule has 0 amide bonds. The van der Waals surface area contributed by atoms with Gasteiger partial charge < -0.3 is 19.0 Å². The molecular formula is C17H30N2O3Si. The topological polar surface area (TPSA) is 57.0 Å². The molecule has 0 aliphatic carbocycles. The average Bonchev–Trinajstić information content (AvgIpc) is 2.60. The molecule has 0 bridgehead atoms. The number of benzene rings is 1. The molecule has 0 aliphatic rings. The molecule has 1 aromatic carbocycles. The standard InChI is InChI=1S/C17H30N2O3Si/c1-5-17(23(20-2,21-3)22-4)19(15-13-18)14-9-12-16-10-7-6-8-11-16/h6-12,17H,5,13-15,18H2,1-4H3. The molecule has 0 aromatic heterocycles. The first-order valence-electron chi connectivity index (χ1n) is 7.98. The zero-order valence-electron chi connectivity index (χ0n) is 14.7. The Morgan fingerprint density at radius 2 is 1.74 bits per heavy atom. The van der Waals surface area contributed by atoms with Gasteiger partial charge in [0.05, 0.1) is 5.67 Å². The molecule has 0 saturated heterocycles. The third-order valence-corrected chi connectivity index (χ3v) is 7.25. The van der Waals surface area contributed by atoms with Gasteiger partial charge in [0.2, 0.25) is 0 Å². The smallest absolute Gasteiger partial charge is 0.376 e. The fraction of sp³-hybridized carbons (Fsp3) is 0.529. The van der Waals surface area contributed by atoms with Crippen molar-refractivity contribution in [3.05, 3.63) is 42.0 Å². The molecule has 23 heavy (non-hydrogen) atoms. The summed E-state index contributed by atoms with van der Waals surface area (Å²) in [5.41, 5.74) is 7.06. The lowest BCUT2D eigenvalue weighted by molar-refractivity contribution is 0.0768. The second-order valence-electron chi connectivity index (χ2n) is 5.24. The lowest BCUT2D eigenvalue weighted by Gasteiger charge is -2.38. The SMILES string of the molecule is CCC(N(CC=Cc1ccccc1)CCN)[Si](OC)(OC)OC. The van der Waals surface area contributed by atoms with E-state index in [4.69, 9.17) is 19.0 Å². The van der Waals surface area contributed by atoms with Crippen molar-refractivity contribution in [3.8, 4) is 0 Å². The molecule has 2 N–H and O–H groups in total. The predicted octanol–water partition coefficient (Wildman–Crippen LogP) is 2.16. The van der Waals surface area contributed by atoms with Gasteiger partial charge in [-0.2, -0.15) is 0 Å². The maximum atomic E-state index is 5.80. The van der Waals surface area contributed by atoms with E-state index in [1.807, 2.05) is 18.2 Å². The van der Waals surface area contributed by atoms with Crippen molar-refractivity contribution in [2.45, 2.75) is 19.0 Å². The van der Waals surface area contributed by atoms with E-state index in [1.54, 1.807) is 21.3 Å². The summed E-state index contributed by atoms with van der Waals surface area (Å²) >= 11 is 0.